The summed E-state index contributed by atoms with van der Waals surface area (Å²) in [5.74, 6) is 0.663. The van der Waals surface area contributed by atoms with Gasteiger partial charge in [-0.3, -0.25) is 0 Å². The van der Waals surface area contributed by atoms with Gasteiger partial charge in [0.05, 0.1) is 22.1 Å². The summed E-state index contributed by atoms with van der Waals surface area (Å²) in [6.45, 7) is 0.360. The fourth-order valence-electron chi connectivity index (χ4n) is 2.01. The molecule has 0 amide bonds. The largest absolute Gasteiger partial charge is 0.487 e. The van der Waals surface area contributed by atoms with E-state index in [1.54, 1.807) is 30.7 Å². The first-order valence-electron chi connectivity index (χ1n) is 6.48. The molecule has 22 heavy (non-hydrogen) atoms. The lowest BCUT2D eigenvalue weighted by atomic mass is 10.2. The van der Waals surface area contributed by atoms with Gasteiger partial charge in [0, 0.05) is 23.5 Å². The summed E-state index contributed by atoms with van der Waals surface area (Å²) in [6, 6.07) is 10.9. The Morgan fingerprint density at radius 3 is 2.59 bits per heavy atom. The Morgan fingerprint density at radius 2 is 1.86 bits per heavy atom. The summed E-state index contributed by atoms with van der Waals surface area (Å²) in [4.78, 5) is 4.04. The summed E-state index contributed by atoms with van der Waals surface area (Å²) in [6.07, 6.45) is 5.25. The molecule has 2 aromatic carbocycles. The Balaban J connectivity index is 1.85. The van der Waals surface area contributed by atoms with E-state index in [0.717, 1.165) is 11.3 Å². The maximum atomic E-state index is 6.06. The minimum Gasteiger partial charge on any atom is -0.487 e. The molecular formula is C16H11Cl3N2O. The Bertz CT molecular complexity index is 788. The highest BCUT2D eigenvalue weighted by Crippen LogP contribution is 2.28. The Labute approximate surface area is 143 Å². The summed E-state index contributed by atoms with van der Waals surface area (Å²) in [5.41, 5.74) is 1.79. The highest BCUT2D eigenvalue weighted by Gasteiger charge is 2.08. The van der Waals surface area contributed by atoms with Gasteiger partial charge in [0.2, 0.25) is 0 Å². The normalized spacial score (nSPS) is 10.7. The van der Waals surface area contributed by atoms with Crippen LogP contribution in [0.2, 0.25) is 15.1 Å². The van der Waals surface area contributed by atoms with Crippen LogP contribution in [-0.2, 0) is 6.61 Å². The van der Waals surface area contributed by atoms with Crippen LogP contribution in [-0.4, -0.2) is 9.55 Å². The highest BCUT2D eigenvalue weighted by molar-refractivity contribution is 6.42. The Morgan fingerprint density at radius 1 is 1.00 bits per heavy atom. The topological polar surface area (TPSA) is 27.1 Å². The van der Waals surface area contributed by atoms with Crippen LogP contribution in [0.25, 0.3) is 5.69 Å². The van der Waals surface area contributed by atoms with E-state index in [-0.39, 0.29) is 0 Å². The van der Waals surface area contributed by atoms with Crippen molar-refractivity contribution < 1.29 is 4.74 Å². The Kier molecular flexibility index (Phi) is 4.57. The molecule has 0 unspecified atom stereocenters. The minimum atomic E-state index is 0.360. The molecule has 0 N–H and O–H groups in total. The standard InChI is InChI=1S/C16H11Cl3N2O/c17-12-2-4-15(21-6-5-20-10-21)16(8-12)22-9-11-1-3-13(18)14(19)7-11/h1-8,10H,9H2. The van der Waals surface area contributed by atoms with E-state index >= 15 is 0 Å². The van der Waals surface area contributed by atoms with Crippen molar-refractivity contribution in [3.63, 3.8) is 0 Å². The van der Waals surface area contributed by atoms with Gasteiger partial charge >= 0.3 is 0 Å². The van der Waals surface area contributed by atoms with Crippen molar-refractivity contribution in [3.8, 4) is 11.4 Å². The lowest BCUT2D eigenvalue weighted by Crippen LogP contribution is -2.00. The number of benzene rings is 2. The summed E-state index contributed by atoms with van der Waals surface area (Å²) in [5, 5.41) is 1.63. The van der Waals surface area contributed by atoms with Gasteiger partial charge in [-0.1, -0.05) is 40.9 Å². The predicted molar refractivity (Wildman–Crippen MR) is 89.4 cm³/mol. The molecule has 0 spiro atoms. The summed E-state index contributed by atoms with van der Waals surface area (Å²) >= 11 is 18.0. The third kappa shape index (κ3) is 3.38. The van der Waals surface area contributed by atoms with Crippen molar-refractivity contribution in [2.75, 3.05) is 0 Å². The zero-order valence-corrected chi connectivity index (χ0v) is 13.6. The number of imidazole rings is 1. The number of rotatable bonds is 4. The average Bonchev–Trinajstić information content (AvgIpc) is 3.03. The number of nitrogens with zero attached hydrogens (tertiary/aromatic N) is 2. The SMILES string of the molecule is Clc1ccc(-n2ccnc2)c(OCc2ccc(Cl)c(Cl)c2)c1. The number of hydrogen-bond donors (Lipinski definition) is 0. The van der Waals surface area contributed by atoms with Crippen molar-refractivity contribution in [3.05, 3.63) is 75.8 Å². The molecule has 0 aliphatic heterocycles. The van der Waals surface area contributed by atoms with Crippen LogP contribution in [0.5, 0.6) is 5.75 Å². The summed E-state index contributed by atoms with van der Waals surface area (Å²) in [7, 11) is 0. The van der Waals surface area contributed by atoms with Crippen LogP contribution >= 0.6 is 34.8 Å². The van der Waals surface area contributed by atoms with E-state index in [9.17, 15) is 0 Å². The molecule has 0 fully saturated rings. The van der Waals surface area contributed by atoms with Gasteiger partial charge in [-0.25, -0.2) is 4.98 Å². The smallest absolute Gasteiger partial charge is 0.145 e. The molecule has 3 aromatic rings. The average molecular weight is 354 g/mol. The van der Waals surface area contributed by atoms with E-state index in [1.165, 1.54) is 0 Å². The lowest BCUT2D eigenvalue weighted by Gasteiger charge is -2.13. The molecule has 6 heteroatoms. The monoisotopic (exact) mass is 352 g/mol. The van der Waals surface area contributed by atoms with Crippen LogP contribution in [0.15, 0.2) is 55.1 Å². The lowest BCUT2D eigenvalue weighted by molar-refractivity contribution is 0.305. The zero-order valence-electron chi connectivity index (χ0n) is 11.3. The van der Waals surface area contributed by atoms with Gasteiger partial charge in [-0.05, 0) is 29.8 Å². The third-order valence-corrected chi connectivity index (χ3v) is 4.06. The van der Waals surface area contributed by atoms with Crippen molar-refractivity contribution in [1.82, 2.24) is 9.55 Å². The van der Waals surface area contributed by atoms with Gasteiger partial charge in [0.1, 0.15) is 12.4 Å². The molecule has 0 bridgehead atoms. The molecule has 3 nitrogen and oxygen atoms in total. The van der Waals surface area contributed by atoms with Gasteiger partial charge in [-0.15, -0.1) is 0 Å². The van der Waals surface area contributed by atoms with Gasteiger partial charge in [0.25, 0.3) is 0 Å². The van der Waals surface area contributed by atoms with E-state index < -0.39 is 0 Å². The van der Waals surface area contributed by atoms with Crippen molar-refractivity contribution >= 4 is 34.8 Å². The second kappa shape index (κ2) is 6.61. The van der Waals surface area contributed by atoms with Gasteiger partial charge < -0.3 is 9.30 Å². The van der Waals surface area contributed by atoms with Crippen LogP contribution in [0.4, 0.5) is 0 Å². The highest BCUT2D eigenvalue weighted by atomic mass is 35.5. The molecule has 0 saturated carbocycles. The molecular weight excluding hydrogens is 343 g/mol. The first-order valence-corrected chi connectivity index (χ1v) is 7.61. The number of ether oxygens (including phenoxy) is 1. The molecule has 3 rings (SSSR count). The molecule has 0 radical (unpaired) electrons. The fourth-order valence-corrected chi connectivity index (χ4v) is 2.49. The first kappa shape index (κ1) is 15.2. The van der Waals surface area contributed by atoms with E-state index in [0.29, 0.717) is 27.4 Å². The quantitative estimate of drug-likeness (QED) is 0.627. The molecule has 112 valence electrons. The third-order valence-electron chi connectivity index (χ3n) is 3.08. The van der Waals surface area contributed by atoms with E-state index in [1.807, 2.05) is 29.0 Å². The van der Waals surface area contributed by atoms with Crippen LogP contribution in [0.1, 0.15) is 5.56 Å². The molecule has 0 aliphatic carbocycles. The van der Waals surface area contributed by atoms with Gasteiger partial charge in [-0.2, -0.15) is 0 Å². The molecule has 1 heterocycles. The first-order chi connectivity index (χ1) is 10.6. The molecule has 0 saturated heterocycles. The molecule has 0 aliphatic rings. The number of aromatic nitrogens is 2. The zero-order chi connectivity index (χ0) is 15.5. The van der Waals surface area contributed by atoms with Crippen molar-refractivity contribution in [2.45, 2.75) is 6.61 Å². The van der Waals surface area contributed by atoms with Crippen LogP contribution in [0.3, 0.4) is 0 Å². The van der Waals surface area contributed by atoms with Crippen molar-refractivity contribution in [1.29, 1.82) is 0 Å². The van der Waals surface area contributed by atoms with E-state index in [4.69, 9.17) is 39.5 Å². The van der Waals surface area contributed by atoms with Crippen LogP contribution in [0, 0.1) is 0 Å². The predicted octanol–water partition coefficient (Wildman–Crippen LogP) is 5.41. The molecule has 0 atom stereocenters. The fraction of sp³-hybridized carbons (Fsp3) is 0.0625. The van der Waals surface area contributed by atoms with Gasteiger partial charge in [0.15, 0.2) is 0 Å². The van der Waals surface area contributed by atoms with E-state index in [2.05, 4.69) is 4.98 Å². The maximum Gasteiger partial charge on any atom is 0.145 e. The second-order valence-electron chi connectivity index (χ2n) is 4.62. The number of hydrogen-bond acceptors (Lipinski definition) is 2. The second-order valence-corrected chi connectivity index (χ2v) is 5.87. The minimum absolute atomic E-state index is 0.360. The summed E-state index contributed by atoms with van der Waals surface area (Å²) < 4.78 is 7.75. The molecule has 1 aromatic heterocycles. The maximum absolute atomic E-state index is 6.06. The Hall–Kier alpha value is -1.68. The number of halogens is 3. The van der Waals surface area contributed by atoms with Crippen molar-refractivity contribution in [2.24, 2.45) is 0 Å². The van der Waals surface area contributed by atoms with Crippen LogP contribution < -0.4 is 4.74 Å².